The molecule has 0 aromatic heterocycles. The van der Waals surface area contributed by atoms with Gasteiger partial charge in [0.15, 0.2) is 0 Å². The second-order valence-electron chi connectivity index (χ2n) is 3.36. The highest BCUT2D eigenvalue weighted by atomic mass is 19.1. The van der Waals surface area contributed by atoms with Crippen LogP contribution >= 0.6 is 0 Å². The first-order valence-corrected chi connectivity index (χ1v) is 4.77. The Hall–Kier alpha value is -2.16. The van der Waals surface area contributed by atoms with E-state index in [1.165, 1.54) is 18.2 Å². The topological polar surface area (TPSA) is 37.3 Å². The van der Waals surface area contributed by atoms with Gasteiger partial charge < -0.3 is 5.11 Å². The molecule has 0 heterocycles. The molecule has 2 aromatic rings. The maximum atomic E-state index is 13.0. The highest BCUT2D eigenvalue weighted by Gasteiger charge is 2.10. The van der Waals surface area contributed by atoms with E-state index in [1.807, 2.05) is 0 Å². The molecule has 0 fully saturated rings. The van der Waals surface area contributed by atoms with Gasteiger partial charge in [-0.05, 0) is 29.3 Å². The van der Waals surface area contributed by atoms with Crippen molar-refractivity contribution in [1.82, 2.24) is 0 Å². The molecule has 0 unspecified atom stereocenters. The van der Waals surface area contributed by atoms with Crippen molar-refractivity contribution >= 4 is 5.97 Å². The number of rotatable bonds is 2. The predicted octanol–water partition coefficient (Wildman–Crippen LogP) is 3.19. The molecule has 0 aliphatic carbocycles. The lowest BCUT2D eigenvalue weighted by molar-refractivity contribution is 0.0697. The van der Waals surface area contributed by atoms with Crippen LogP contribution in [0.3, 0.4) is 0 Å². The van der Waals surface area contributed by atoms with Crippen molar-refractivity contribution in [3.8, 4) is 11.1 Å². The third kappa shape index (κ3) is 1.93. The van der Waals surface area contributed by atoms with Gasteiger partial charge in [-0.2, -0.15) is 0 Å². The Morgan fingerprint density at radius 2 is 1.81 bits per heavy atom. The van der Waals surface area contributed by atoms with E-state index in [0.717, 1.165) is 0 Å². The van der Waals surface area contributed by atoms with Gasteiger partial charge >= 0.3 is 5.97 Å². The minimum atomic E-state index is -1.01. The summed E-state index contributed by atoms with van der Waals surface area (Å²) in [5.41, 5.74) is 1.26. The summed E-state index contributed by atoms with van der Waals surface area (Å²) in [6.07, 6.45) is 0. The van der Waals surface area contributed by atoms with Crippen LogP contribution in [0.1, 0.15) is 10.4 Å². The highest BCUT2D eigenvalue weighted by Crippen LogP contribution is 2.24. The quantitative estimate of drug-likeness (QED) is 0.837. The summed E-state index contributed by atoms with van der Waals surface area (Å²) in [6, 6.07) is 12.4. The maximum absolute atomic E-state index is 13.0. The summed E-state index contributed by atoms with van der Waals surface area (Å²) < 4.78 is 13.0. The molecule has 0 spiro atoms. The van der Waals surface area contributed by atoms with Crippen LogP contribution in [-0.4, -0.2) is 11.1 Å². The van der Waals surface area contributed by atoms with Crippen LogP contribution in [0.4, 0.5) is 4.39 Å². The lowest BCUT2D eigenvalue weighted by Gasteiger charge is -2.05. The van der Waals surface area contributed by atoms with Gasteiger partial charge in [0, 0.05) is 0 Å². The Morgan fingerprint density at radius 1 is 1.06 bits per heavy atom. The van der Waals surface area contributed by atoms with Crippen LogP contribution < -0.4 is 0 Å². The fraction of sp³-hybridized carbons (Fsp3) is 0. The minimum absolute atomic E-state index is 0.174. The Bertz CT molecular complexity index is 535. The normalized spacial score (nSPS) is 10.1. The Labute approximate surface area is 92.0 Å². The number of aromatic carboxylic acids is 1. The third-order valence-corrected chi connectivity index (χ3v) is 2.29. The van der Waals surface area contributed by atoms with E-state index in [1.54, 1.807) is 30.3 Å². The number of benzene rings is 2. The molecule has 0 aliphatic heterocycles. The van der Waals surface area contributed by atoms with E-state index >= 15 is 0 Å². The van der Waals surface area contributed by atoms with Gasteiger partial charge in [0.2, 0.25) is 0 Å². The summed E-state index contributed by atoms with van der Waals surface area (Å²) in [5, 5.41) is 9.00. The summed E-state index contributed by atoms with van der Waals surface area (Å²) >= 11 is 0. The van der Waals surface area contributed by atoms with Gasteiger partial charge in [-0.3, -0.25) is 0 Å². The van der Waals surface area contributed by atoms with Gasteiger partial charge in [0.05, 0.1) is 5.56 Å². The van der Waals surface area contributed by atoms with E-state index in [9.17, 15) is 9.18 Å². The first-order chi connectivity index (χ1) is 7.68. The summed E-state index contributed by atoms with van der Waals surface area (Å²) in [5.74, 6) is -1.39. The molecular formula is C13H9FO2. The zero-order chi connectivity index (χ0) is 11.5. The first kappa shape index (κ1) is 10.4. The lowest BCUT2D eigenvalue weighted by Crippen LogP contribution is -1.98. The van der Waals surface area contributed by atoms with Gasteiger partial charge in [0.1, 0.15) is 5.82 Å². The van der Waals surface area contributed by atoms with Gasteiger partial charge in [-0.15, -0.1) is 0 Å². The van der Waals surface area contributed by atoms with E-state index < -0.39 is 5.97 Å². The number of hydrogen-bond donors (Lipinski definition) is 1. The molecule has 1 N–H and O–H groups in total. The fourth-order valence-electron chi connectivity index (χ4n) is 1.58. The first-order valence-electron chi connectivity index (χ1n) is 4.77. The van der Waals surface area contributed by atoms with Crippen molar-refractivity contribution in [2.75, 3.05) is 0 Å². The molecular weight excluding hydrogens is 207 g/mol. The predicted molar refractivity (Wildman–Crippen MR) is 58.8 cm³/mol. The third-order valence-electron chi connectivity index (χ3n) is 2.29. The number of carboxylic acids is 1. The molecule has 3 heteroatoms. The van der Waals surface area contributed by atoms with Crippen LogP contribution in [0.15, 0.2) is 48.5 Å². The molecule has 2 aromatic carbocycles. The Balaban J connectivity index is 2.60. The van der Waals surface area contributed by atoms with Crippen molar-refractivity contribution < 1.29 is 14.3 Å². The van der Waals surface area contributed by atoms with Gasteiger partial charge in [-0.1, -0.05) is 30.3 Å². The number of carbonyl (C=O) groups is 1. The molecule has 0 radical (unpaired) electrons. The van der Waals surface area contributed by atoms with Crippen molar-refractivity contribution in [1.29, 1.82) is 0 Å². The Morgan fingerprint density at radius 3 is 2.50 bits per heavy atom. The van der Waals surface area contributed by atoms with Crippen LogP contribution in [0.25, 0.3) is 11.1 Å². The highest BCUT2D eigenvalue weighted by molar-refractivity contribution is 5.95. The maximum Gasteiger partial charge on any atom is 0.336 e. The molecule has 16 heavy (non-hydrogen) atoms. The molecule has 0 saturated carbocycles. The average Bonchev–Trinajstić information content (AvgIpc) is 2.29. The second kappa shape index (κ2) is 4.14. The summed E-state index contributed by atoms with van der Waals surface area (Å²) in [4.78, 5) is 11.0. The summed E-state index contributed by atoms with van der Waals surface area (Å²) in [6.45, 7) is 0. The number of halogens is 1. The monoisotopic (exact) mass is 216 g/mol. The van der Waals surface area contributed by atoms with E-state index in [2.05, 4.69) is 0 Å². The lowest BCUT2D eigenvalue weighted by atomic mass is 10.00. The van der Waals surface area contributed by atoms with Crippen molar-refractivity contribution in [3.63, 3.8) is 0 Å². The smallest absolute Gasteiger partial charge is 0.336 e. The van der Waals surface area contributed by atoms with Crippen molar-refractivity contribution in [2.24, 2.45) is 0 Å². The van der Waals surface area contributed by atoms with Crippen LogP contribution in [0.2, 0.25) is 0 Å². The van der Waals surface area contributed by atoms with Gasteiger partial charge in [-0.25, -0.2) is 9.18 Å². The molecule has 80 valence electrons. The standard InChI is InChI=1S/C13H9FO2/c14-10-5-3-4-9(8-10)11-6-1-2-7-12(11)13(15)16/h1-8H,(H,15,16). The molecule has 0 atom stereocenters. The molecule has 2 nitrogen and oxygen atoms in total. The molecule has 2 rings (SSSR count). The van der Waals surface area contributed by atoms with Crippen LogP contribution in [0, 0.1) is 5.82 Å². The molecule has 0 aliphatic rings. The average molecular weight is 216 g/mol. The second-order valence-corrected chi connectivity index (χ2v) is 3.36. The fourth-order valence-corrected chi connectivity index (χ4v) is 1.58. The van der Waals surface area contributed by atoms with E-state index in [-0.39, 0.29) is 11.4 Å². The number of hydrogen-bond acceptors (Lipinski definition) is 1. The zero-order valence-electron chi connectivity index (χ0n) is 8.35. The Kier molecular flexibility index (Phi) is 2.68. The van der Waals surface area contributed by atoms with Crippen LogP contribution in [-0.2, 0) is 0 Å². The minimum Gasteiger partial charge on any atom is -0.478 e. The van der Waals surface area contributed by atoms with E-state index in [4.69, 9.17) is 5.11 Å². The summed E-state index contributed by atoms with van der Waals surface area (Å²) in [7, 11) is 0. The van der Waals surface area contributed by atoms with Crippen molar-refractivity contribution in [2.45, 2.75) is 0 Å². The van der Waals surface area contributed by atoms with E-state index in [0.29, 0.717) is 11.1 Å². The molecule has 0 amide bonds. The number of carboxylic acid groups (broad SMARTS) is 1. The largest absolute Gasteiger partial charge is 0.478 e. The molecule has 0 saturated heterocycles. The molecule has 0 bridgehead atoms. The SMILES string of the molecule is O=C(O)c1ccccc1-c1cccc(F)c1. The van der Waals surface area contributed by atoms with Crippen LogP contribution in [0.5, 0.6) is 0 Å². The van der Waals surface area contributed by atoms with Crippen molar-refractivity contribution in [3.05, 3.63) is 59.9 Å². The van der Waals surface area contributed by atoms with Gasteiger partial charge in [0.25, 0.3) is 0 Å². The zero-order valence-corrected chi connectivity index (χ0v) is 8.35.